The molecule has 3 nitrogen and oxygen atoms in total. The first kappa shape index (κ1) is 16.1. The zero-order valence-electron chi connectivity index (χ0n) is 13.5. The van der Waals surface area contributed by atoms with Gasteiger partial charge in [-0.05, 0) is 55.2 Å². The van der Waals surface area contributed by atoms with Crippen molar-refractivity contribution in [2.45, 2.75) is 33.7 Å². The van der Waals surface area contributed by atoms with Crippen molar-refractivity contribution in [2.75, 3.05) is 11.4 Å². The summed E-state index contributed by atoms with van der Waals surface area (Å²) in [5, 5.41) is 9.01. The van der Waals surface area contributed by atoms with Gasteiger partial charge in [-0.15, -0.1) is 0 Å². The molecule has 2 rings (SSSR count). The first-order valence-electron chi connectivity index (χ1n) is 7.55. The Labute approximate surface area is 132 Å². The van der Waals surface area contributed by atoms with Gasteiger partial charge in [-0.1, -0.05) is 30.3 Å². The molecule has 3 heteroatoms. The van der Waals surface area contributed by atoms with Crippen LogP contribution in [0.15, 0.2) is 42.5 Å². The summed E-state index contributed by atoms with van der Waals surface area (Å²) < 4.78 is 0. The highest BCUT2D eigenvalue weighted by atomic mass is 16.4. The number of aryl methyl sites for hydroxylation is 3. The Kier molecular flexibility index (Phi) is 5.21. The van der Waals surface area contributed by atoms with Crippen LogP contribution in [0.3, 0.4) is 0 Å². The van der Waals surface area contributed by atoms with Crippen LogP contribution < -0.4 is 4.90 Å². The van der Waals surface area contributed by atoms with E-state index in [1.54, 1.807) is 0 Å². The zero-order chi connectivity index (χ0) is 16.1. The summed E-state index contributed by atoms with van der Waals surface area (Å²) >= 11 is 0. The molecule has 0 fully saturated rings. The lowest BCUT2D eigenvalue weighted by atomic mass is 10.1. The molecule has 0 aliphatic carbocycles. The Hall–Kier alpha value is -2.29. The number of carboxylic acids is 1. The predicted molar refractivity (Wildman–Crippen MR) is 90.4 cm³/mol. The third kappa shape index (κ3) is 4.35. The fourth-order valence-electron chi connectivity index (χ4n) is 2.66. The van der Waals surface area contributed by atoms with Crippen LogP contribution in [-0.4, -0.2) is 17.6 Å². The van der Waals surface area contributed by atoms with Gasteiger partial charge >= 0.3 is 5.97 Å². The van der Waals surface area contributed by atoms with E-state index in [0.29, 0.717) is 6.54 Å². The molecule has 0 spiro atoms. The molecule has 0 saturated carbocycles. The maximum atomic E-state index is 11.0. The Morgan fingerprint density at radius 1 is 1.05 bits per heavy atom. The number of anilines is 1. The van der Waals surface area contributed by atoms with Crippen LogP contribution in [0.2, 0.25) is 0 Å². The first-order chi connectivity index (χ1) is 10.5. The van der Waals surface area contributed by atoms with Crippen molar-refractivity contribution in [3.63, 3.8) is 0 Å². The fourth-order valence-corrected chi connectivity index (χ4v) is 2.66. The van der Waals surface area contributed by atoms with Crippen LogP contribution in [0.5, 0.6) is 0 Å². The highest BCUT2D eigenvalue weighted by Crippen LogP contribution is 2.22. The number of carboxylic acid groups (broad SMARTS) is 1. The Bertz CT molecular complexity index is 644. The maximum absolute atomic E-state index is 11.0. The van der Waals surface area contributed by atoms with E-state index < -0.39 is 5.97 Å². The fraction of sp³-hybridized carbons (Fsp3) is 0.316. The number of nitrogens with zero attached hydrogens (tertiary/aromatic N) is 1. The SMILES string of the molecule is Cc1cc(C)cc(N(CCC(=O)O)Cc2ccccc2C)c1. The van der Waals surface area contributed by atoms with Crippen LogP contribution in [0.4, 0.5) is 5.69 Å². The third-order valence-corrected chi connectivity index (χ3v) is 3.79. The van der Waals surface area contributed by atoms with Crippen LogP contribution in [0.1, 0.15) is 28.7 Å². The standard InChI is InChI=1S/C19H23NO2/c1-14-10-15(2)12-18(11-14)20(9-8-19(21)22)13-17-7-5-4-6-16(17)3/h4-7,10-12H,8-9,13H2,1-3H3,(H,21,22). The molecular weight excluding hydrogens is 274 g/mol. The molecule has 116 valence electrons. The van der Waals surface area contributed by atoms with Crippen molar-refractivity contribution in [3.05, 3.63) is 64.7 Å². The van der Waals surface area contributed by atoms with Crippen molar-refractivity contribution in [2.24, 2.45) is 0 Å². The molecule has 0 heterocycles. The van der Waals surface area contributed by atoms with E-state index >= 15 is 0 Å². The number of rotatable bonds is 6. The van der Waals surface area contributed by atoms with Gasteiger partial charge in [-0.25, -0.2) is 0 Å². The van der Waals surface area contributed by atoms with Crippen LogP contribution >= 0.6 is 0 Å². The Balaban J connectivity index is 2.29. The minimum absolute atomic E-state index is 0.138. The second-order valence-corrected chi connectivity index (χ2v) is 5.84. The summed E-state index contributed by atoms with van der Waals surface area (Å²) in [6.45, 7) is 7.46. The smallest absolute Gasteiger partial charge is 0.305 e. The second-order valence-electron chi connectivity index (χ2n) is 5.84. The molecule has 2 aromatic rings. The topological polar surface area (TPSA) is 40.5 Å². The molecule has 0 aliphatic heterocycles. The molecule has 0 bridgehead atoms. The molecule has 22 heavy (non-hydrogen) atoms. The van der Waals surface area contributed by atoms with Gasteiger partial charge in [0.15, 0.2) is 0 Å². The van der Waals surface area contributed by atoms with E-state index in [1.807, 2.05) is 12.1 Å². The minimum atomic E-state index is -0.765. The molecule has 0 aliphatic rings. The van der Waals surface area contributed by atoms with Crippen LogP contribution in [-0.2, 0) is 11.3 Å². The minimum Gasteiger partial charge on any atom is -0.481 e. The molecule has 0 aromatic heterocycles. The Morgan fingerprint density at radius 2 is 1.68 bits per heavy atom. The average Bonchev–Trinajstić information content (AvgIpc) is 2.44. The van der Waals surface area contributed by atoms with E-state index in [0.717, 1.165) is 12.2 Å². The lowest BCUT2D eigenvalue weighted by molar-refractivity contribution is -0.136. The molecule has 2 aromatic carbocycles. The van der Waals surface area contributed by atoms with Crippen molar-refractivity contribution in [1.82, 2.24) is 0 Å². The van der Waals surface area contributed by atoms with Crippen LogP contribution in [0.25, 0.3) is 0 Å². The normalized spacial score (nSPS) is 10.5. The summed E-state index contributed by atoms with van der Waals surface area (Å²) in [5.74, 6) is -0.765. The van der Waals surface area contributed by atoms with Gasteiger partial charge in [-0.3, -0.25) is 4.79 Å². The molecule has 0 saturated heterocycles. The molecule has 0 amide bonds. The maximum Gasteiger partial charge on any atom is 0.305 e. The predicted octanol–water partition coefficient (Wildman–Crippen LogP) is 4.09. The van der Waals surface area contributed by atoms with Crippen molar-refractivity contribution < 1.29 is 9.90 Å². The molecule has 1 N–H and O–H groups in total. The van der Waals surface area contributed by atoms with Crippen molar-refractivity contribution >= 4 is 11.7 Å². The first-order valence-corrected chi connectivity index (χ1v) is 7.55. The highest BCUT2D eigenvalue weighted by molar-refractivity contribution is 5.67. The quantitative estimate of drug-likeness (QED) is 0.873. The van der Waals surface area contributed by atoms with Gasteiger partial charge in [0.1, 0.15) is 0 Å². The summed E-state index contributed by atoms with van der Waals surface area (Å²) in [6.07, 6.45) is 0.138. The number of hydrogen-bond donors (Lipinski definition) is 1. The monoisotopic (exact) mass is 297 g/mol. The molecular formula is C19H23NO2. The van der Waals surface area contributed by atoms with Gasteiger partial charge < -0.3 is 10.0 Å². The molecule has 0 atom stereocenters. The lowest BCUT2D eigenvalue weighted by Gasteiger charge is -2.26. The number of hydrogen-bond acceptors (Lipinski definition) is 2. The third-order valence-electron chi connectivity index (χ3n) is 3.79. The average molecular weight is 297 g/mol. The van der Waals surface area contributed by atoms with Gasteiger partial charge in [-0.2, -0.15) is 0 Å². The van der Waals surface area contributed by atoms with Gasteiger partial charge in [0.2, 0.25) is 0 Å². The number of aliphatic carboxylic acids is 1. The second kappa shape index (κ2) is 7.12. The Morgan fingerprint density at radius 3 is 2.27 bits per heavy atom. The van der Waals surface area contributed by atoms with E-state index in [4.69, 9.17) is 5.11 Å². The van der Waals surface area contributed by atoms with Crippen molar-refractivity contribution in [1.29, 1.82) is 0 Å². The van der Waals surface area contributed by atoms with E-state index in [9.17, 15) is 4.79 Å². The van der Waals surface area contributed by atoms with E-state index in [1.165, 1.54) is 22.3 Å². The largest absolute Gasteiger partial charge is 0.481 e. The summed E-state index contributed by atoms with van der Waals surface area (Å²) in [6, 6.07) is 14.6. The molecule has 0 unspecified atom stereocenters. The number of benzene rings is 2. The lowest BCUT2D eigenvalue weighted by Crippen LogP contribution is -2.26. The zero-order valence-corrected chi connectivity index (χ0v) is 13.5. The molecule has 0 radical (unpaired) electrons. The highest BCUT2D eigenvalue weighted by Gasteiger charge is 2.11. The summed E-state index contributed by atoms with van der Waals surface area (Å²) in [4.78, 5) is 13.1. The van der Waals surface area contributed by atoms with Crippen LogP contribution in [0, 0.1) is 20.8 Å². The van der Waals surface area contributed by atoms with E-state index in [-0.39, 0.29) is 6.42 Å². The number of carbonyl (C=O) groups is 1. The summed E-state index contributed by atoms with van der Waals surface area (Å²) in [7, 11) is 0. The summed E-state index contributed by atoms with van der Waals surface area (Å²) in [5.41, 5.74) is 5.93. The van der Waals surface area contributed by atoms with Crippen molar-refractivity contribution in [3.8, 4) is 0 Å². The van der Waals surface area contributed by atoms with Gasteiger partial charge in [0.25, 0.3) is 0 Å². The van der Waals surface area contributed by atoms with E-state index in [2.05, 4.69) is 56.0 Å². The van der Waals surface area contributed by atoms with Gasteiger partial charge in [0, 0.05) is 18.8 Å². The van der Waals surface area contributed by atoms with Gasteiger partial charge in [0.05, 0.1) is 6.42 Å².